The Morgan fingerprint density at radius 3 is 2.14 bits per heavy atom. The van der Waals surface area contributed by atoms with Gasteiger partial charge >= 0.3 is 0 Å². The molecule has 14 heavy (non-hydrogen) atoms. The van der Waals surface area contributed by atoms with Crippen LogP contribution in [-0.2, 0) is 10.0 Å². The Kier molecular flexibility index (Phi) is 3.26. The van der Waals surface area contributed by atoms with E-state index in [-0.39, 0.29) is 20.7 Å². The largest absolute Gasteiger partial charge is 0.494 e. The van der Waals surface area contributed by atoms with E-state index in [9.17, 15) is 8.42 Å². The van der Waals surface area contributed by atoms with E-state index in [0.717, 1.165) is 0 Å². The van der Waals surface area contributed by atoms with Gasteiger partial charge in [-0.2, -0.15) is 0 Å². The molecule has 0 radical (unpaired) electrons. The van der Waals surface area contributed by atoms with Gasteiger partial charge in [-0.25, -0.2) is 13.6 Å². The van der Waals surface area contributed by atoms with Gasteiger partial charge in [0.05, 0.1) is 17.2 Å². The first-order valence-corrected chi connectivity index (χ1v) is 5.73. The summed E-state index contributed by atoms with van der Waals surface area (Å²) < 4.78 is 27.1. The zero-order valence-corrected chi connectivity index (χ0v) is 9.45. The quantitative estimate of drug-likeness (QED) is 0.874. The lowest BCUT2D eigenvalue weighted by atomic mass is 10.3. The average molecular weight is 256 g/mol. The Labute approximate surface area is 91.6 Å². The second-order valence-corrected chi connectivity index (χ2v) is 4.75. The number of rotatable bonds is 2. The maximum atomic E-state index is 11.1. The lowest BCUT2D eigenvalue weighted by Crippen LogP contribution is -2.14. The zero-order valence-electron chi connectivity index (χ0n) is 7.12. The summed E-state index contributed by atoms with van der Waals surface area (Å²) in [6, 6.07) is 2.77. The summed E-state index contributed by atoms with van der Waals surface area (Å²) in [5.74, 6) is -0.0401. The number of sulfonamides is 1. The maximum Gasteiger partial charge on any atom is 0.243 e. The van der Waals surface area contributed by atoms with Gasteiger partial charge in [-0.3, -0.25) is 0 Å². The summed E-state index contributed by atoms with van der Waals surface area (Å²) in [6.07, 6.45) is 0. The van der Waals surface area contributed by atoms with E-state index in [1.165, 1.54) is 19.2 Å². The Hall–Kier alpha value is -0.490. The van der Waals surface area contributed by atoms with Crippen LogP contribution in [-0.4, -0.2) is 15.5 Å². The zero-order chi connectivity index (χ0) is 10.9. The predicted molar refractivity (Wildman–Crippen MR) is 54.4 cm³/mol. The van der Waals surface area contributed by atoms with Gasteiger partial charge in [-0.1, -0.05) is 23.2 Å². The number of halogens is 2. The molecule has 0 bridgehead atoms. The van der Waals surface area contributed by atoms with Crippen LogP contribution in [0.25, 0.3) is 0 Å². The summed E-state index contributed by atoms with van der Waals surface area (Å²) in [5.41, 5.74) is 0. The van der Waals surface area contributed by atoms with Crippen molar-refractivity contribution < 1.29 is 13.2 Å². The third-order valence-electron chi connectivity index (χ3n) is 1.50. The minimum atomic E-state index is -3.94. The summed E-state index contributed by atoms with van der Waals surface area (Å²) in [7, 11) is -2.66. The SMILES string of the molecule is COc1c(Cl)ccc(Cl)c1S(N)(=O)=O. The van der Waals surface area contributed by atoms with Gasteiger partial charge in [0.15, 0.2) is 5.75 Å². The second-order valence-electron chi connectivity index (χ2n) is 2.44. The molecule has 7 heteroatoms. The maximum absolute atomic E-state index is 11.1. The van der Waals surface area contributed by atoms with E-state index in [1.807, 2.05) is 0 Å². The molecule has 0 aliphatic carbocycles. The number of hydrogen-bond donors (Lipinski definition) is 1. The van der Waals surface area contributed by atoms with E-state index in [0.29, 0.717) is 0 Å². The van der Waals surface area contributed by atoms with Crippen molar-refractivity contribution >= 4 is 33.2 Å². The molecule has 0 heterocycles. The van der Waals surface area contributed by atoms with Crippen molar-refractivity contribution in [3.05, 3.63) is 22.2 Å². The van der Waals surface area contributed by atoms with Crippen LogP contribution in [0.5, 0.6) is 5.75 Å². The van der Waals surface area contributed by atoms with Gasteiger partial charge < -0.3 is 4.74 Å². The second kappa shape index (κ2) is 3.94. The lowest BCUT2D eigenvalue weighted by Gasteiger charge is -2.09. The normalized spacial score (nSPS) is 11.4. The van der Waals surface area contributed by atoms with Gasteiger partial charge in [0.1, 0.15) is 4.90 Å². The molecular formula is C7H7Cl2NO3S. The van der Waals surface area contributed by atoms with Crippen LogP contribution in [0.1, 0.15) is 0 Å². The molecular weight excluding hydrogens is 249 g/mol. The fourth-order valence-electron chi connectivity index (χ4n) is 0.970. The molecule has 0 aliphatic heterocycles. The van der Waals surface area contributed by atoms with E-state index in [1.54, 1.807) is 0 Å². The van der Waals surface area contributed by atoms with Crippen molar-refractivity contribution in [2.75, 3.05) is 7.11 Å². The molecule has 0 aromatic heterocycles. The number of methoxy groups -OCH3 is 1. The van der Waals surface area contributed by atoms with Crippen molar-refractivity contribution in [1.82, 2.24) is 0 Å². The Bertz CT molecular complexity index is 458. The van der Waals surface area contributed by atoms with E-state index in [2.05, 4.69) is 0 Å². The fraction of sp³-hybridized carbons (Fsp3) is 0.143. The van der Waals surface area contributed by atoms with Crippen LogP contribution in [0.2, 0.25) is 10.0 Å². The number of nitrogens with two attached hydrogens (primary N) is 1. The highest BCUT2D eigenvalue weighted by Crippen LogP contribution is 2.36. The van der Waals surface area contributed by atoms with Crippen LogP contribution in [0.3, 0.4) is 0 Å². The van der Waals surface area contributed by atoms with Gasteiger partial charge in [0.2, 0.25) is 10.0 Å². The molecule has 2 N–H and O–H groups in total. The topological polar surface area (TPSA) is 69.4 Å². The van der Waals surface area contributed by atoms with Crippen molar-refractivity contribution in [2.24, 2.45) is 5.14 Å². The third kappa shape index (κ3) is 2.12. The number of primary sulfonamides is 1. The highest BCUT2D eigenvalue weighted by molar-refractivity contribution is 7.89. The molecule has 1 aromatic rings. The Morgan fingerprint density at radius 1 is 1.29 bits per heavy atom. The molecule has 0 amide bonds. The molecule has 0 aliphatic rings. The van der Waals surface area contributed by atoms with Gasteiger partial charge in [0.25, 0.3) is 0 Å². The molecule has 0 unspecified atom stereocenters. The number of hydrogen-bond acceptors (Lipinski definition) is 3. The lowest BCUT2D eigenvalue weighted by molar-refractivity contribution is 0.403. The minimum Gasteiger partial charge on any atom is -0.494 e. The minimum absolute atomic E-state index is 0.0197. The standard InChI is InChI=1S/C7H7Cl2NO3S/c1-13-6-4(8)2-3-5(9)7(6)14(10,11)12/h2-3H,1H3,(H2,10,11,12). The number of benzene rings is 1. The first-order chi connectivity index (χ1) is 6.38. The molecule has 0 spiro atoms. The first kappa shape index (κ1) is 11.6. The van der Waals surface area contributed by atoms with Crippen molar-refractivity contribution in [1.29, 1.82) is 0 Å². The van der Waals surface area contributed by atoms with E-state index >= 15 is 0 Å². The summed E-state index contributed by atoms with van der Waals surface area (Å²) >= 11 is 11.4. The van der Waals surface area contributed by atoms with Gasteiger partial charge in [0, 0.05) is 0 Å². The summed E-state index contributed by atoms with van der Waals surface area (Å²) in [5, 5.41) is 5.07. The van der Waals surface area contributed by atoms with Gasteiger partial charge in [-0.15, -0.1) is 0 Å². The molecule has 0 saturated heterocycles. The average Bonchev–Trinajstić information content (AvgIpc) is 2.06. The van der Waals surface area contributed by atoms with Crippen LogP contribution < -0.4 is 9.88 Å². The predicted octanol–water partition coefficient (Wildman–Crippen LogP) is 1.65. The molecule has 0 atom stereocenters. The van der Waals surface area contributed by atoms with Crippen LogP contribution >= 0.6 is 23.2 Å². The van der Waals surface area contributed by atoms with Crippen LogP contribution in [0, 0.1) is 0 Å². The number of ether oxygens (including phenoxy) is 1. The van der Waals surface area contributed by atoms with Crippen molar-refractivity contribution in [3.63, 3.8) is 0 Å². The van der Waals surface area contributed by atoms with Crippen molar-refractivity contribution in [3.8, 4) is 5.75 Å². The summed E-state index contributed by atoms with van der Waals surface area (Å²) in [4.78, 5) is -0.297. The molecule has 78 valence electrons. The van der Waals surface area contributed by atoms with Crippen LogP contribution in [0.4, 0.5) is 0 Å². The molecule has 0 fully saturated rings. The highest BCUT2D eigenvalue weighted by Gasteiger charge is 2.21. The van der Waals surface area contributed by atoms with Crippen molar-refractivity contribution in [2.45, 2.75) is 4.90 Å². The van der Waals surface area contributed by atoms with Gasteiger partial charge in [-0.05, 0) is 12.1 Å². The fourth-order valence-corrected chi connectivity index (χ4v) is 2.52. The summed E-state index contributed by atoms with van der Waals surface area (Å²) in [6.45, 7) is 0. The van der Waals surface area contributed by atoms with E-state index in [4.69, 9.17) is 33.1 Å². The molecule has 4 nitrogen and oxygen atoms in total. The Balaban J connectivity index is 3.63. The Morgan fingerprint density at radius 2 is 1.79 bits per heavy atom. The first-order valence-electron chi connectivity index (χ1n) is 3.42. The van der Waals surface area contributed by atoms with Crippen LogP contribution in [0.15, 0.2) is 17.0 Å². The monoisotopic (exact) mass is 255 g/mol. The van der Waals surface area contributed by atoms with E-state index < -0.39 is 10.0 Å². The molecule has 0 saturated carbocycles. The molecule has 1 rings (SSSR count). The third-order valence-corrected chi connectivity index (χ3v) is 3.20. The smallest absolute Gasteiger partial charge is 0.243 e. The molecule has 1 aromatic carbocycles. The highest BCUT2D eigenvalue weighted by atomic mass is 35.5.